The maximum atomic E-state index is 12.5. The molecule has 1 rings (SSSR count). The van der Waals surface area contributed by atoms with Crippen LogP contribution in [0.5, 0.6) is 5.75 Å². The third-order valence-electron chi connectivity index (χ3n) is 1.95. The van der Waals surface area contributed by atoms with Gasteiger partial charge in [0.15, 0.2) is 0 Å². The van der Waals surface area contributed by atoms with Crippen molar-refractivity contribution >= 4 is 0 Å². The molecular weight excluding hydrogens is 223 g/mol. The van der Waals surface area contributed by atoms with Gasteiger partial charge in [-0.1, -0.05) is 0 Å². The molecule has 0 fully saturated rings. The Bertz CT molecular complexity index is 352. The number of benzene rings is 1. The molecule has 0 atom stereocenters. The van der Waals surface area contributed by atoms with Crippen molar-refractivity contribution in [3.05, 3.63) is 29.3 Å². The largest absolute Gasteiger partial charge is 0.497 e. The zero-order chi connectivity index (χ0) is 12.2. The van der Waals surface area contributed by atoms with Crippen LogP contribution in [0, 0.1) is 0 Å². The van der Waals surface area contributed by atoms with Crippen molar-refractivity contribution in [3.63, 3.8) is 0 Å². The van der Waals surface area contributed by atoms with Crippen molar-refractivity contribution in [2.24, 2.45) is 0 Å². The van der Waals surface area contributed by atoms with Gasteiger partial charge in [0.2, 0.25) is 0 Å². The highest BCUT2D eigenvalue weighted by molar-refractivity contribution is 5.35. The number of nitrogens with one attached hydrogen (secondary N) is 1. The van der Waals surface area contributed by atoms with Gasteiger partial charge in [0.25, 0.3) is 0 Å². The van der Waals surface area contributed by atoms with Gasteiger partial charge < -0.3 is 9.57 Å². The Kier molecular flexibility index (Phi) is 4.14. The van der Waals surface area contributed by atoms with Crippen molar-refractivity contribution in [2.45, 2.75) is 12.7 Å². The van der Waals surface area contributed by atoms with Gasteiger partial charge in [-0.2, -0.15) is 18.7 Å². The third-order valence-corrected chi connectivity index (χ3v) is 1.95. The monoisotopic (exact) mass is 235 g/mol. The maximum absolute atomic E-state index is 12.5. The number of ether oxygens (including phenoxy) is 1. The van der Waals surface area contributed by atoms with E-state index >= 15 is 0 Å². The number of hydrogen-bond acceptors (Lipinski definition) is 3. The summed E-state index contributed by atoms with van der Waals surface area (Å²) in [6.45, 7) is 0.177. The first-order valence-corrected chi connectivity index (χ1v) is 4.48. The van der Waals surface area contributed by atoms with Gasteiger partial charge in [0, 0.05) is 6.54 Å². The average Bonchev–Trinajstić information content (AvgIpc) is 2.24. The zero-order valence-electron chi connectivity index (χ0n) is 8.89. The van der Waals surface area contributed by atoms with E-state index in [9.17, 15) is 13.2 Å². The van der Waals surface area contributed by atoms with Crippen molar-refractivity contribution in [1.29, 1.82) is 0 Å². The summed E-state index contributed by atoms with van der Waals surface area (Å²) in [6.07, 6.45) is -4.38. The van der Waals surface area contributed by atoms with E-state index in [0.717, 1.165) is 12.1 Å². The molecule has 0 amide bonds. The van der Waals surface area contributed by atoms with Crippen LogP contribution in [0.4, 0.5) is 13.2 Å². The summed E-state index contributed by atoms with van der Waals surface area (Å²) >= 11 is 0. The second-order valence-corrected chi connectivity index (χ2v) is 3.09. The Labute approximate surface area is 91.1 Å². The quantitative estimate of drug-likeness (QED) is 0.813. The Morgan fingerprint density at radius 1 is 1.19 bits per heavy atom. The minimum absolute atomic E-state index is 0.169. The summed E-state index contributed by atoms with van der Waals surface area (Å²) in [5, 5.41) is 0. The molecule has 0 spiro atoms. The van der Waals surface area contributed by atoms with Crippen LogP contribution in [0.3, 0.4) is 0 Å². The first-order valence-electron chi connectivity index (χ1n) is 4.48. The van der Waals surface area contributed by atoms with Gasteiger partial charge >= 0.3 is 6.18 Å². The first kappa shape index (κ1) is 12.8. The lowest BCUT2D eigenvalue weighted by Crippen LogP contribution is -2.12. The van der Waals surface area contributed by atoms with Crippen molar-refractivity contribution in [3.8, 4) is 5.75 Å². The molecule has 1 N–H and O–H groups in total. The van der Waals surface area contributed by atoms with Crippen LogP contribution < -0.4 is 10.2 Å². The minimum atomic E-state index is -4.38. The molecule has 16 heavy (non-hydrogen) atoms. The molecule has 0 radical (unpaired) electrons. The fourth-order valence-corrected chi connectivity index (χ4v) is 1.20. The highest BCUT2D eigenvalue weighted by atomic mass is 19.4. The number of hydroxylamine groups is 1. The minimum Gasteiger partial charge on any atom is -0.497 e. The van der Waals surface area contributed by atoms with Crippen LogP contribution in [0.2, 0.25) is 0 Å². The summed E-state index contributed by atoms with van der Waals surface area (Å²) in [4.78, 5) is 4.57. The van der Waals surface area contributed by atoms with Crippen molar-refractivity contribution < 1.29 is 22.7 Å². The molecular formula is C10H12F3NO2. The molecule has 0 aromatic heterocycles. The summed E-state index contributed by atoms with van der Waals surface area (Å²) in [6, 6.07) is 3.52. The van der Waals surface area contributed by atoms with E-state index in [2.05, 4.69) is 10.3 Å². The van der Waals surface area contributed by atoms with E-state index in [1.807, 2.05) is 0 Å². The SMILES string of the molecule is CONCc1cc(OC)cc(C(F)(F)F)c1. The summed E-state index contributed by atoms with van der Waals surface area (Å²) in [7, 11) is 2.72. The van der Waals surface area contributed by atoms with Crippen LogP contribution in [-0.4, -0.2) is 14.2 Å². The highest BCUT2D eigenvalue weighted by Crippen LogP contribution is 2.32. The number of halogens is 3. The van der Waals surface area contributed by atoms with Crippen LogP contribution >= 0.6 is 0 Å². The Hall–Kier alpha value is -1.27. The number of rotatable bonds is 4. The summed E-state index contributed by atoms with van der Waals surface area (Å²) < 4.78 is 42.3. The van der Waals surface area contributed by atoms with Crippen molar-refractivity contribution in [1.82, 2.24) is 5.48 Å². The van der Waals surface area contributed by atoms with E-state index in [1.54, 1.807) is 0 Å². The van der Waals surface area contributed by atoms with E-state index in [-0.39, 0.29) is 12.3 Å². The number of hydrogen-bond donors (Lipinski definition) is 1. The molecule has 90 valence electrons. The second-order valence-electron chi connectivity index (χ2n) is 3.09. The molecule has 0 saturated heterocycles. The lowest BCUT2D eigenvalue weighted by molar-refractivity contribution is -0.137. The van der Waals surface area contributed by atoms with Gasteiger partial charge in [-0.25, -0.2) is 0 Å². The van der Waals surface area contributed by atoms with Gasteiger partial charge in [-0.15, -0.1) is 0 Å². The van der Waals surface area contributed by atoms with Gasteiger partial charge in [0.1, 0.15) is 5.75 Å². The van der Waals surface area contributed by atoms with Crippen LogP contribution in [0.25, 0.3) is 0 Å². The van der Waals surface area contributed by atoms with Gasteiger partial charge in [-0.3, -0.25) is 0 Å². The normalized spacial score (nSPS) is 11.6. The summed E-state index contributed by atoms with van der Waals surface area (Å²) in [5.41, 5.74) is 2.17. The molecule has 3 nitrogen and oxygen atoms in total. The standard InChI is InChI=1S/C10H12F3NO2/c1-15-9-4-7(6-14-16-2)3-8(5-9)10(11,12)13/h3-5,14H,6H2,1-2H3. The topological polar surface area (TPSA) is 30.5 Å². The highest BCUT2D eigenvalue weighted by Gasteiger charge is 2.31. The van der Waals surface area contributed by atoms with E-state index in [0.29, 0.717) is 5.56 Å². The lowest BCUT2D eigenvalue weighted by Gasteiger charge is -2.11. The lowest BCUT2D eigenvalue weighted by atomic mass is 10.1. The van der Waals surface area contributed by atoms with Crippen LogP contribution in [-0.2, 0) is 17.6 Å². The molecule has 6 heteroatoms. The molecule has 1 aromatic rings. The first-order chi connectivity index (χ1) is 7.47. The predicted octanol–water partition coefficient (Wildman–Crippen LogP) is 2.37. The number of methoxy groups -OCH3 is 1. The molecule has 0 unspecified atom stereocenters. The fourth-order valence-electron chi connectivity index (χ4n) is 1.20. The zero-order valence-corrected chi connectivity index (χ0v) is 8.89. The summed E-state index contributed by atoms with van der Waals surface area (Å²) in [5.74, 6) is 0.169. The molecule has 0 saturated carbocycles. The molecule has 0 heterocycles. The van der Waals surface area contributed by atoms with Crippen molar-refractivity contribution in [2.75, 3.05) is 14.2 Å². The predicted molar refractivity (Wildman–Crippen MR) is 51.8 cm³/mol. The Morgan fingerprint density at radius 2 is 1.88 bits per heavy atom. The smallest absolute Gasteiger partial charge is 0.416 e. The number of alkyl halides is 3. The van der Waals surface area contributed by atoms with E-state index in [1.165, 1.54) is 20.3 Å². The third kappa shape index (κ3) is 3.39. The molecule has 0 aliphatic heterocycles. The maximum Gasteiger partial charge on any atom is 0.416 e. The molecule has 1 aromatic carbocycles. The van der Waals surface area contributed by atoms with E-state index < -0.39 is 11.7 Å². The van der Waals surface area contributed by atoms with Crippen LogP contribution in [0.1, 0.15) is 11.1 Å². The Balaban J connectivity index is 3.01. The molecule has 0 aliphatic rings. The molecule has 0 aliphatic carbocycles. The molecule has 0 bridgehead atoms. The van der Waals surface area contributed by atoms with Crippen LogP contribution in [0.15, 0.2) is 18.2 Å². The average molecular weight is 235 g/mol. The fraction of sp³-hybridized carbons (Fsp3) is 0.400. The Morgan fingerprint density at radius 3 is 2.38 bits per heavy atom. The van der Waals surface area contributed by atoms with E-state index in [4.69, 9.17) is 4.74 Å². The second kappa shape index (κ2) is 5.18. The van der Waals surface area contributed by atoms with Gasteiger partial charge in [0.05, 0.1) is 19.8 Å². The van der Waals surface area contributed by atoms with Gasteiger partial charge in [-0.05, 0) is 23.8 Å².